The summed E-state index contributed by atoms with van der Waals surface area (Å²) in [5.41, 5.74) is 8.42. The molecule has 3 rings (SSSR count). The molecule has 3 N–H and O–H groups in total. The van der Waals surface area contributed by atoms with E-state index in [1.807, 2.05) is 42.5 Å². The van der Waals surface area contributed by atoms with Gasteiger partial charge in [-0.05, 0) is 35.9 Å². The predicted molar refractivity (Wildman–Crippen MR) is 88.2 cm³/mol. The molecule has 2 aromatic carbocycles. The number of hydrogen-bond acceptors (Lipinski definition) is 3. The lowest BCUT2D eigenvalue weighted by atomic mass is 10.1. The number of hydrogen-bond donors (Lipinski definition) is 2. The van der Waals surface area contributed by atoms with Crippen molar-refractivity contribution in [3.05, 3.63) is 63.3 Å². The first-order chi connectivity index (χ1) is 10.1. The minimum atomic E-state index is 0.633. The molecule has 1 aromatic heterocycles. The zero-order valence-corrected chi connectivity index (χ0v) is 13.3. The molecule has 0 saturated carbocycles. The predicted octanol–water partition coefficient (Wildman–Crippen LogP) is 4.06. The number of rotatable bonds is 3. The maximum atomic E-state index is 6.04. The summed E-state index contributed by atoms with van der Waals surface area (Å²) in [4.78, 5) is 4.50. The molecular formula is C15H12BrClN4. The highest BCUT2D eigenvalue weighted by Gasteiger charge is 2.08. The van der Waals surface area contributed by atoms with Crippen LogP contribution in [0.1, 0.15) is 11.4 Å². The van der Waals surface area contributed by atoms with Gasteiger partial charge in [-0.25, -0.2) is 4.98 Å². The third-order valence-corrected chi connectivity index (χ3v) is 3.65. The van der Waals surface area contributed by atoms with Gasteiger partial charge >= 0.3 is 0 Å². The summed E-state index contributed by atoms with van der Waals surface area (Å²) in [5, 5.41) is 7.87. The Morgan fingerprint density at radius 3 is 2.81 bits per heavy atom. The number of nitrogen functional groups attached to an aromatic ring is 1. The summed E-state index contributed by atoms with van der Waals surface area (Å²) in [6, 6.07) is 13.3. The zero-order chi connectivity index (χ0) is 14.8. The number of benzene rings is 2. The van der Waals surface area contributed by atoms with Gasteiger partial charge in [0.05, 0.1) is 0 Å². The van der Waals surface area contributed by atoms with Crippen LogP contribution in [0.2, 0.25) is 5.02 Å². The Kier molecular flexibility index (Phi) is 3.94. The molecule has 6 heteroatoms. The highest BCUT2D eigenvalue weighted by atomic mass is 79.9. The van der Waals surface area contributed by atoms with Crippen molar-refractivity contribution in [2.45, 2.75) is 6.42 Å². The average Bonchev–Trinajstić information content (AvgIpc) is 2.86. The molecule has 0 unspecified atom stereocenters. The number of H-pyrrole nitrogens is 1. The normalized spacial score (nSPS) is 10.8. The quantitative estimate of drug-likeness (QED) is 0.690. The van der Waals surface area contributed by atoms with Gasteiger partial charge in [-0.3, -0.25) is 5.10 Å². The van der Waals surface area contributed by atoms with Gasteiger partial charge in [0, 0.05) is 27.2 Å². The van der Waals surface area contributed by atoms with Crippen LogP contribution in [0.25, 0.3) is 11.4 Å². The van der Waals surface area contributed by atoms with Crippen LogP contribution in [0.3, 0.4) is 0 Å². The van der Waals surface area contributed by atoms with Crippen molar-refractivity contribution >= 4 is 33.2 Å². The molecular weight excluding hydrogens is 352 g/mol. The lowest BCUT2D eigenvalue weighted by Crippen LogP contribution is -1.91. The van der Waals surface area contributed by atoms with E-state index in [4.69, 9.17) is 17.3 Å². The highest BCUT2D eigenvalue weighted by Crippen LogP contribution is 2.22. The summed E-state index contributed by atoms with van der Waals surface area (Å²) < 4.78 is 0.945. The second-order valence-corrected chi connectivity index (χ2v) is 6.04. The van der Waals surface area contributed by atoms with Crippen molar-refractivity contribution in [1.29, 1.82) is 0 Å². The lowest BCUT2D eigenvalue weighted by Gasteiger charge is -2.00. The van der Waals surface area contributed by atoms with Gasteiger partial charge in [-0.15, -0.1) is 0 Å². The minimum absolute atomic E-state index is 0.633. The SMILES string of the molecule is Nc1cccc(-c2n[nH]c(Cc3cc(Cl)cc(Br)c3)n2)c1. The van der Waals surface area contributed by atoms with Crippen LogP contribution in [0.15, 0.2) is 46.9 Å². The number of nitrogens with two attached hydrogens (primary N) is 1. The first-order valence-corrected chi connectivity index (χ1v) is 7.49. The largest absolute Gasteiger partial charge is 0.399 e. The molecule has 0 fully saturated rings. The van der Waals surface area contributed by atoms with E-state index < -0.39 is 0 Å². The molecule has 0 radical (unpaired) electrons. The van der Waals surface area contributed by atoms with Crippen LogP contribution in [0, 0.1) is 0 Å². The number of nitrogens with zero attached hydrogens (tertiary/aromatic N) is 2. The van der Waals surface area contributed by atoms with Crippen molar-refractivity contribution in [3.8, 4) is 11.4 Å². The smallest absolute Gasteiger partial charge is 0.181 e. The number of nitrogens with one attached hydrogen (secondary N) is 1. The van der Waals surface area contributed by atoms with Gasteiger partial charge in [-0.1, -0.05) is 39.7 Å². The fraction of sp³-hybridized carbons (Fsp3) is 0.0667. The summed E-state index contributed by atoms with van der Waals surface area (Å²) in [6.45, 7) is 0. The third-order valence-electron chi connectivity index (χ3n) is 2.97. The monoisotopic (exact) mass is 362 g/mol. The first-order valence-electron chi connectivity index (χ1n) is 6.32. The van der Waals surface area contributed by atoms with E-state index in [0.717, 1.165) is 21.4 Å². The molecule has 0 spiro atoms. The van der Waals surface area contributed by atoms with Gasteiger partial charge in [-0.2, -0.15) is 5.10 Å². The van der Waals surface area contributed by atoms with Crippen LogP contribution >= 0.6 is 27.5 Å². The summed E-state index contributed by atoms with van der Waals surface area (Å²) in [5.74, 6) is 1.42. The number of halogens is 2. The van der Waals surface area contributed by atoms with E-state index in [1.54, 1.807) is 0 Å². The second kappa shape index (κ2) is 5.87. The maximum absolute atomic E-state index is 6.04. The van der Waals surface area contributed by atoms with Crippen molar-refractivity contribution in [1.82, 2.24) is 15.2 Å². The van der Waals surface area contributed by atoms with Crippen LogP contribution in [-0.2, 0) is 6.42 Å². The summed E-state index contributed by atoms with van der Waals surface area (Å²) in [7, 11) is 0. The van der Waals surface area contributed by atoms with E-state index in [9.17, 15) is 0 Å². The van der Waals surface area contributed by atoms with Crippen LogP contribution in [-0.4, -0.2) is 15.2 Å². The first kappa shape index (κ1) is 14.1. The molecule has 0 saturated heterocycles. The maximum Gasteiger partial charge on any atom is 0.181 e. The van der Waals surface area contributed by atoms with Gasteiger partial charge in [0.1, 0.15) is 5.82 Å². The van der Waals surface area contributed by atoms with Crippen LogP contribution in [0.5, 0.6) is 0 Å². The van der Waals surface area contributed by atoms with E-state index in [2.05, 4.69) is 31.1 Å². The summed E-state index contributed by atoms with van der Waals surface area (Å²) in [6.07, 6.45) is 0.633. The number of aromatic amines is 1. The highest BCUT2D eigenvalue weighted by molar-refractivity contribution is 9.10. The molecule has 21 heavy (non-hydrogen) atoms. The van der Waals surface area contributed by atoms with Crippen molar-refractivity contribution in [3.63, 3.8) is 0 Å². The number of aromatic nitrogens is 3. The Morgan fingerprint density at radius 2 is 2.05 bits per heavy atom. The molecule has 1 heterocycles. The standard InChI is InChI=1S/C15H12BrClN4/c16-11-4-9(5-12(17)8-11)6-14-19-15(21-20-14)10-2-1-3-13(18)7-10/h1-5,7-8H,6,18H2,(H,19,20,21). The average molecular weight is 364 g/mol. The Morgan fingerprint density at radius 1 is 1.19 bits per heavy atom. The van der Waals surface area contributed by atoms with Gasteiger partial charge in [0.2, 0.25) is 0 Å². The van der Waals surface area contributed by atoms with Crippen LogP contribution in [0.4, 0.5) is 5.69 Å². The third kappa shape index (κ3) is 3.43. The minimum Gasteiger partial charge on any atom is -0.399 e. The second-order valence-electron chi connectivity index (χ2n) is 4.69. The Bertz CT molecular complexity index is 765. The molecule has 3 aromatic rings. The van der Waals surface area contributed by atoms with Crippen molar-refractivity contribution in [2.24, 2.45) is 0 Å². The van der Waals surface area contributed by atoms with E-state index >= 15 is 0 Å². The molecule has 0 aliphatic heterocycles. The van der Waals surface area contributed by atoms with E-state index in [1.165, 1.54) is 0 Å². The Labute approximate surface area is 135 Å². The molecule has 0 atom stereocenters. The van der Waals surface area contributed by atoms with Gasteiger partial charge < -0.3 is 5.73 Å². The van der Waals surface area contributed by atoms with E-state index in [0.29, 0.717) is 23.0 Å². The topological polar surface area (TPSA) is 67.6 Å². The van der Waals surface area contributed by atoms with Crippen LogP contribution < -0.4 is 5.73 Å². The lowest BCUT2D eigenvalue weighted by molar-refractivity contribution is 0.972. The number of anilines is 1. The van der Waals surface area contributed by atoms with Gasteiger partial charge in [0.25, 0.3) is 0 Å². The fourth-order valence-electron chi connectivity index (χ4n) is 2.09. The summed E-state index contributed by atoms with van der Waals surface area (Å²) >= 11 is 9.48. The molecule has 0 aliphatic rings. The van der Waals surface area contributed by atoms with E-state index in [-0.39, 0.29) is 0 Å². The molecule has 106 valence electrons. The Hall–Kier alpha value is -1.85. The molecule has 0 aliphatic carbocycles. The fourth-order valence-corrected chi connectivity index (χ4v) is 3.02. The molecule has 0 bridgehead atoms. The van der Waals surface area contributed by atoms with Crippen molar-refractivity contribution < 1.29 is 0 Å². The Balaban J connectivity index is 1.85. The molecule has 4 nitrogen and oxygen atoms in total. The zero-order valence-electron chi connectivity index (χ0n) is 11.0. The van der Waals surface area contributed by atoms with Gasteiger partial charge in [0.15, 0.2) is 5.82 Å². The van der Waals surface area contributed by atoms with Crippen molar-refractivity contribution in [2.75, 3.05) is 5.73 Å². The molecule has 0 amide bonds.